The van der Waals surface area contributed by atoms with Crippen LogP contribution in [0.3, 0.4) is 0 Å². The lowest BCUT2D eigenvalue weighted by Gasteiger charge is -2.13. The number of hydrogen-bond acceptors (Lipinski definition) is 1. The molecule has 0 aromatic carbocycles. The molecular weight excluding hydrogens is 206 g/mol. The number of rotatable bonds is 9. The smallest absolute Gasteiger partial charge is 0.0403 e. The van der Waals surface area contributed by atoms with E-state index in [0.29, 0.717) is 0 Å². The maximum atomic E-state index is 4.37. The molecule has 0 aliphatic rings. The van der Waals surface area contributed by atoms with Gasteiger partial charge in [0.15, 0.2) is 0 Å². The van der Waals surface area contributed by atoms with E-state index in [1.165, 1.54) is 50.6 Å². The summed E-state index contributed by atoms with van der Waals surface area (Å²) in [5.41, 5.74) is 1.24. The first-order valence-corrected chi connectivity index (χ1v) is 7.26. The molecule has 1 aromatic rings. The zero-order valence-corrected chi connectivity index (χ0v) is 11.5. The van der Waals surface area contributed by atoms with Crippen LogP contribution >= 0.6 is 0 Å². The van der Waals surface area contributed by atoms with Gasteiger partial charge in [-0.1, -0.05) is 58.4 Å². The van der Waals surface area contributed by atoms with Gasteiger partial charge in [0.1, 0.15) is 0 Å². The van der Waals surface area contributed by atoms with Crippen LogP contribution in [-0.4, -0.2) is 4.98 Å². The van der Waals surface area contributed by atoms with Crippen LogP contribution in [0.1, 0.15) is 64.5 Å². The van der Waals surface area contributed by atoms with Crippen LogP contribution in [0.2, 0.25) is 0 Å². The second-order valence-electron chi connectivity index (χ2n) is 4.98. The fourth-order valence-corrected chi connectivity index (χ4v) is 2.33. The van der Waals surface area contributed by atoms with Gasteiger partial charge in [0.05, 0.1) is 0 Å². The fraction of sp³-hybridized carbons (Fsp3) is 0.688. The third kappa shape index (κ3) is 6.45. The van der Waals surface area contributed by atoms with Gasteiger partial charge in [-0.05, 0) is 30.9 Å². The third-order valence-corrected chi connectivity index (χ3v) is 3.56. The fourth-order valence-electron chi connectivity index (χ4n) is 2.33. The number of nitrogens with zero attached hydrogens (tertiary/aromatic N) is 1. The molecule has 17 heavy (non-hydrogen) atoms. The summed E-state index contributed by atoms with van der Waals surface area (Å²) in [4.78, 5) is 4.37. The number of aryl methyl sites for hydroxylation is 1. The van der Waals surface area contributed by atoms with E-state index in [9.17, 15) is 0 Å². The Hall–Kier alpha value is -0.850. The third-order valence-electron chi connectivity index (χ3n) is 3.56. The van der Waals surface area contributed by atoms with Gasteiger partial charge in [0.25, 0.3) is 0 Å². The Labute approximate surface area is 107 Å². The van der Waals surface area contributed by atoms with E-state index in [2.05, 4.69) is 31.0 Å². The normalized spacial score (nSPS) is 12.6. The molecular formula is C16H27N. The van der Waals surface area contributed by atoms with Crippen molar-refractivity contribution in [3.63, 3.8) is 0 Å². The molecule has 0 saturated carbocycles. The predicted octanol–water partition coefficient (Wildman–Crippen LogP) is 5.01. The first-order chi connectivity index (χ1) is 8.36. The molecule has 1 nitrogen and oxygen atoms in total. The van der Waals surface area contributed by atoms with Crippen molar-refractivity contribution in [2.75, 3.05) is 0 Å². The van der Waals surface area contributed by atoms with Crippen molar-refractivity contribution in [3.8, 4) is 0 Å². The summed E-state index contributed by atoms with van der Waals surface area (Å²) in [5, 5.41) is 0. The zero-order valence-electron chi connectivity index (χ0n) is 11.5. The van der Waals surface area contributed by atoms with Crippen LogP contribution < -0.4 is 0 Å². The molecule has 0 aliphatic carbocycles. The molecule has 1 rings (SSSR count). The summed E-state index contributed by atoms with van der Waals surface area (Å²) in [5.74, 6) is 0.957. The van der Waals surface area contributed by atoms with Crippen molar-refractivity contribution in [2.24, 2.45) is 5.92 Å². The highest BCUT2D eigenvalue weighted by Gasteiger charge is 2.05. The minimum Gasteiger partial charge on any atom is -0.261 e. The summed E-state index contributed by atoms with van der Waals surface area (Å²) in [6.45, 7) is 4.62. The predicted molar refractivity (Wildman–Crippen MR) is 75.1 cm³/mol. The van der Waals surface area contributed by atoms with Crippen LogP contribution in [0.15, 0.2) is 24.4 Å². The highest BCUT2D eigenvalue weighted by Crippen LogP contribution is 2.19. The Morgan fingerprint density at radius 3 is 2.53 bits per heavy atom. The Balaban J connectivity index is 2.10. The lowest BCUT2D eigenvalue weighted by Crippen LogP contribution is -1.99. The van der Waals surface area contributed by atoms with Crippen LogP contribution in [0.5, 0.6) is 0 Å². The van der Waals surface area contributed by atoms with Crippen LogP contribution in [0, 0.1) is 5.92 Å². The average molecular weight is 233 g/mol. The molecule has 96 valence electrons. The molecule has 0 saturated heterocycles. The molecule has 0 spiro atoms. The Morgan fingerprint density at radius 2 is 1.88 bits per heavy atom. The molecule has 0 aliphatic heterocycles. The van der Waals surface area contributed by atoms with Gasteiger partial charge in [-0.25, -0.2) is 0 Å². The summed E-state index contributed by atoms with van der Waals surface area (Å²) in [6.07, 6.45) is 12.6. The summed E-state index contributed by atoms with van der Waals surface area (Å²) in [7, 11) is 0. The van der Waals surface area contributed by atoms with E-state index in [0.717, 1.165) is 12.3 Å². The van der Waals surface area contributed by atoms with Crippen LogP contribution in [0.25, 0.3) is 0 Å². The van der Waals surface area contributed by atoms with Crippen molar-refractivity contribution in [1.29, 1.82) is 0 Å². The van der Waals surface area contributed by atoms with Crippen molar-refractivity contribution < 1.29 is 0 Å². The number of unbranched alkanes of at least 4 members (excludes halogenated alkanes) is 2. The molecule has 0 amide bonds. The van der Waals surface area contributed by atoms with Gasteiger partial charge in [-0.2, -0.15) is 0 Å². The monoisotopic (exact) mass is 233 g/mol. The van der Waals surface area contributed by atoms with Gasteiger partial charge in [-0.15, -0.1) is 0 Å². The maximum Gasteiger partial charge on any atom is 0.0403 e. The highest BCUT2D eigenvalue weighted by atomic mass is 14.7. The summed E-state index contributed by atoms with van der Waals surface area (Å²) >= 11 is 0. The van der Waals surface area contributed by atoms with E-state index in [-0.39, 0.29) is 0 Å². The molecule has 1 heterocycles. The van der Waals surface area contributed by atoms with Gasteiger partial charge < -0.3 is 0 Å². The van der Waals surface area contributed by atoms with Gasteiger partial charge in [0, 0.05) is 11.9 Å². The number of hydrogen-bond donors (Lipinski definition) is 0. The minimum atomic E-state index is 0.957. The molecule has 0 radical (unpaired) electrons. The lowest BCUT2D eigenvalue weighted by molar-refractivity contribution is 0.404. The van der Waals surface area contributed by atoms with Crippen molar-refractivity contribution in [3.05, 3.63) is 30.1 Å². The van der Waals surface area contributed by atoms with Crippen molar-refractivity contribution in [2.45, 2.75) is 65.2 Å². The van der Waals surface area contributed by atoms with Crippen LogP contribution in [-0.2, 0) is 6.42 Å². The standard InChI is InChI=1S/C16H27N/c1-3-5-10-15(4-2)11-6-7-12-16-13-8-9-14-17-16/h8-9,13-15H,3-7,10-12H2,1-2H3. The first kappa shape index (κ1) is 14.2. The van der Waals surface area contributed by atoms with E-state index in [1.807, 2.05) is 12.3 Å². The van der Waals surface area contributed by atoms with E-state index in [4.69, 9.17) is 0 Å². The maximum absolute atomic E-state index is 4.37. The number of pyridine rings is 1. The Bertz CT molecular complexity index is 268. The van der Waals surface area contributed by atoms with Gasteiger partial charge in [-0.3, -0.25) is 4.98 Å². The molecule has 1 aromatic heterocycles. The Morgan fingerprint density at radius 1 is 1.06 bits per heavy atom. The second-order valence-corrected chi connectivity index (χ2v) is 4.98. The van der Waals surface area contributed by atoms with E-state index < -0.39 is 0 Å². The zero-order chi connectivity index (χ0) is 12.3. The van der Waals surface area contributed by atoms with E-state index in [1.54, 1.807) is 0 Å². The van der Waals surface area contributed by atoms with E-state index >= 15 is 0 Å². The average Bonchev–Trinajstić information content (AvgIpc) is 2.39. The summed E-state index contributed by atoms with van der Waals surface area (Å²) in [6, 6.07) is 6.20. The van der Waals surface area contributed by atoms with Gasteiger partial charge >= 0.3 is 0 Å². The molecule has 0 bridgehead atoms. The lowest BCUT2D eigenvalue weighted by atomic mass is 9.93. The Kier molecular flexibility index (Phi) is 7.70. The molecule has 1 heteroatoms. The van der Waals surface area contributed by atoms with Crippen molar-refractivity contribution in [1.82, 2.24) is 4.98 Å². The van der Waals surface area contributed by atoms with Crippen LogP contribution in [0.4, 0.5) is 0 Å². The highest BCUT2D eigenvalue weighted by molar-refractivity contribution is 5.03. The minimum absolute atomic E-state index is 0.957. The molecule has 0 fully saturated rings. The first-order valence-electron chi connectivity index (χ1n) is 7.26. The SMILES string of the molecule is CCCCC(CC)CCCCc1ccccn1. The molecule has 1 atom stereocenters. The summed E-state index contributed by atoms with van der Waals surface area (Å²) < 4.78 is 0. The molecule has 0 N–H and O–H groups in total. The topological polar surface area (TPSA) is 12.9 Å². The number of aromatic nitrogens is 1. The largest absolute Gasteiger partial charge is 0.261 e. The van der Waals surface area contributed by atoms with Gasteiger partial charge in [0.2, 0.25) is 0 Å². The quantitative estimate of drug-likeness (QED) is 0.546. The second kappa shape index (κ2) is 9.21. The van der Waals surface area contributed by atoms with Crippen molar-refractivity contribution >= 4 is 0 Å². The molecule has 1 unspecified atom stereocenters.